The molecule has 1 aliphatic rings. The first kappa shape index (κ1) is 14.1. The summed E-state index contributed by atoms with van der Waals surface area (Å²) in [6.07, 6.45) is 4.92. The molecule has 106 valence electrons. The molecule has 1 atom stereocenters. The van der Waals surface area contributed by atoms with Gasteiger partial charge in [-0.3, -0.25) is 0 Å². The van der Waals surface area contributed by atoms with E-state index in [0.29, 0.717) is 6.04 Å². The van der Waals surface area contributed by atoms with Crippen LogP contribution >= 0.6 is 0 Å². The van der Waals surface area contributed by atoms with Gasteiger partial charge >= 0.3 is 0 Å². The Morgan fingerprint density at radius 1 is 1.42 bits per heavy atom. The third kappa shape index (κ3) is 3.83. The van der Waals surface area contributed by atoms with Crippen molar-refractivity contribution in [2.45, 2.75) is 31.7 Å². The largest absolute Gasteiger partial charge is 0.495 e. The Bertz CT molecular complexity index is 405. The lowest BCUT2D eigenvalue weighted by Gasteiger charge is -2.27. The van der Waals surface area contributed by atoms with Crippen LogP contribution in [0.2, 0.25) is 0 Å². The molecule has 2 rings (SSSR count). The number of piperidine rings is 1. The molecule has 0 saturated carbocycles. The van der Waals surface area contributed by atoms with Gasteiger partial charge in [0.25, 0.3) is 0 Å². The highest BCUT2D eigenvalue weighted by Gasteiger charge is 2.15. The molecule has 1 aliphatic heterocycles. The number of methoxy groups -OCH3 is 1. The summed E-state index contributed by atoms with van der Waals surface area (Å²) in [5, 5.41) is 3.53. The van der Waals surface area contributed by atoms with Crippen molar-refractivity contribution in [3.05, 3.63) is 24.0 Å². The van der Waals surface area contributed by atoms with Gasteiger partial charge in [-0.05, 0) is 37.9 Å². The molecule has 1 N–H and O–H groups in total. The quantitative estimate of drug-likeness (QED) is 0.887. The number of halogens is 1. The predicted molar refractivity (Wildman–Crippen MR) is 76.5 cm³/mol. The van der Waals surface area contributed by atoms with Crippen LogP contribution in [0.15, 0.2) is 18.2 Å². The van der Waals surface area contributed by atoms with Gasteiger partial charge in [0.15, 0.2) is 0 Å². The molecule has 0 aliphatic carbocycles. The van der Waals surface area contributed by atoms with Crippen molar-refractivity contribution < 1.29 is 9.13 Å². The average molecular weight is 266 g/mol. The van der Waals surface area contributed by atoms with Crippen LogP contribution in [0.25, 0.3) is 0 Å². The van der Waals surface area contributed by atoms with E-state index in [1.165, 1.54) is 31.4 Å². The van der Waals surface area contributed by atoms with Crippen LogP contribution in [0.5, 0.6) is 5.75 Å². The number of ether oxygens (including phenoxy) is 1. The summed E-state index contributed by atoms with van der Waals surface area (Å²) < 4.78 is 18.6. The fraction of sp³-hybridized carbons (Fsp3) is 0.600. The molecule has 1 aromatic rings. The molecular formula is C15H23FN2O. The summed E-state index contributed by atoms with van der Waals surface area (Å²) in [5.41, 5.74) is 0.818. The SMILES string of the molecule is COc1ccc(F)cc1N(C)CCC1CCCCN1. The van der Waals surface area contributed by atoms with Crippen molar-refractivity contribution >= 4 is 5.69 Å². The normalized spacial score (nSPS) is 19.2. The highest BCUT2D eigenvalue weighted by molar-refractivity contribution is 5.58. The maximum atomic E-state index is 13.3. The number of benzene rings is 1. The Morgan fingerprint density at radius 3 is 2.95 bits per heavy atom. The molecule has 4 heteroatoms. The number of nitrogens with zero attached hydrogens (tertiary/aromatic N) is 1. The van der Waals surface area contributed by atoms with Crippen molar-refractivity contribution in [3.63, 3.8) is 0 Å². The van der Waals surface area contributed by atoms with E-state index in [2.05, 4.69) is 10.2 Å². The van der Waals surface area contributed by atoms with Crippen molar-refractivity contribution in [1.29, 1.82) is 0 Å². The second kappa shape index (κ2) is 6.75. The number of hydrogen-bond donors (Lipinski definition) is 1. The maximum absolute atomic E-state index is 13.3. The van der Waals surface area contributed by atoms with Crippen LogP contribution < -0.4 is 15.0 Å². The first-order valence-corrected chi connectivity index (χ1v) is 6.99. The zero-order chi connectivity index (χ0) is 13.7. The first-order valence-electron chi connectivity index (χ1n) is 6.99. The third-order valence-corrected chi connectivity index (χ3v) is 3.78. The van der Waals surface area contributed by atoms with Crippen molar-refractivity contribution in [2.24, 2.45) is 0 Å². The second-order valence-corrected chi connectivity index (χ2v) is 5.17. The Morgan fingerprint density at radius 2 is 2.26 bits per heavy atom. The molecule has 1 saturated heterocycles. The fourth-order valence-corrected chi connectivity index (χ4v) is 2.60. The van der Waals surface area contributed by atoms with Gasteiger partial charge in [0.2, 0.25) is 0 Å². The van der Waals surface area contributed by atoms with Crippen LogP contribution in [0.1, 0.15) is 25.7 Å². The lowest BCUT2D eigenvalue weighted by molar-refractivity contribution is 0.383. The van der Waals surface area contributed by atoms with E-state index in [4.69, 9.17) is 4.74 Å². The molecule has 1 fully saturated rings. The Labute approximate surface area is 114 Å². The Hall–Kier alpha value is -1.29. The summed E-state index contributed by atoms with van der Waals surface area (Å²) in [6, 6.07) is 5.24. The highest BCUT2D eigenvalue weighted by Crippen LogP contribution is 2.28. The second-order valence-electron chi connectivity index (χ2n) is 5.17. The standard InChI is InChI=1S/C15H23FN2O/c1-18(10-8-13-5-3-4-9-17-13)14-11-12(16)6-7-15(14)19-2/h6-7,11,13,17H,3-5,8-10H2,1-2H3. The molecular weight excluding hydrogens is 243 g/mol. The van der Waals surface area contributed by atoms with E-state index >= 15 is 0 Å². The van der Waals surface area contributed by atoms with Gasteiger partial charge in [0.05, 0.1) is 12.8 Å². The number of hydrogen-bond acceptors (Lipinski definition) is 3. The highest BCUT2D eigenvalue weighted by atomic mass is 19.1. The summed E-state index contributed by atoms with van der Waals surface area (Å²) in [5.74, 6) is 0.499. The van der Waals surface area contributed by atoms with Crippen LogP contribution in [0.3, 0.4) is 0 Å². The Balaban J connectivity index is 1.94. The Kier molecular flexibility index (Phi) is 5.02. The zero-order valence-electron chi connectivity index (χ0n) is 11.8. The van der Waals surface area contributed by atoms with Crippen molar-refractivity contribution in [1.82, 2.24) is 5.32 Å². The monoisotopic (exact) mass is 266 g/mol. The molecule has 0 aromatic heterocycles. The van der Waals surface area contributed by atoms with Gasteiger partial charge in [-0.2, -0.15) is 0 Å². The van der Waals surface area contributed by atoms with Gasteiger partial charge in [-0.25, -0.2) is 4.39 Å². The molecule has 19 heavy (non-hydrogen) atoms. The molecule has 1 heterocycles. The molecule has 0 amide bonds. The van der Waals surface area contributed by atoms with Gasteiger partial charge in [-0.15, -0.1) is 0 Å². The fourth-order valence-electron chi connectivity index (χ4n) is 2.60. The minimum Gasteiger partial charge on any atom is -0.495 e. The molecule has 0 bridgehead atoms. The molecule has 0 spiro atoms. The third-order valence-electron chi connectivity index (χ3n) is 3.78. The smallest absolute Gasteiger partial charge is 0.142 e. The predicted octanol–water partition coefficient (Wildman–Crippen LogP) is 2.80. The van der Waals surface area contributed by atoms with Crippen molar-refractivity contribution in [3.8, 4) is 5.75 Å². The summed E-state index contributed by atoms with van der Waals surface area (Å²) >= 11 is 0. The minimum atomic E-state index is -0.224. The van der Waals surface area contributed by atoms with Crippen LogP contribution in [-0.2, 0) is 0 Å². The van der Waals surface area contributed by atoms with E-state index in [9.17, 15) is 4.39 Å². The summed E-state index contributed by atoms with van der Waals surface area (Å²) in [4.78, 5) is 2.07. The van der Waals surface area contributed by atoms with Gasteiger partial charge in [0, 0.05) is 25.7 Å². The molecule has 1 aromatic carbocycles. The van der Waals surface area contributed by atoms with Crippen molar-refractivity contribution in [2.75, 3.05) is 32.1 Å². The number of nitrogens with one attached hydrogen (secondary N) is 1. The minimum absolute atomic E-state index is 0.224. The zero-order valence-corrected chi connectivity index (χ0v) is 11.8. The molecule has 1 unspecified atom stereocenters. The van der Waals surface area contributed by atoms with Crippen LogP contribution in [0.4, 0.5) is 10.1 Å². The van der Waals surface area contributed by atoms with E-state index in [-0.39, 0.29) is 5.82 Å². The summed E-state index contributed by atoms with van der Waals surface area (Å²) in [6.45, 7) is 2.02. The lowest BCUT2D eigenvalue weighted by Crippen LogP contribution is -2.36. The first-order chi connectivity index (χ1) is 9.20. The number of rotatable bonds is 5. The average Bonchev–Trinajstić information content (AvgIpc) is 2.46. The number of anilines is 1. The van der Waals surface area contributed by atoms with Crippen LogP contribution in [-0.4, -0.2) is 33.3 Å². The molecule has 0 radical (unpaired) electrons. The van der Waals surface area contributed by atoms with Gasteiger partial charge in [-0.1, -0.05) is 6.42 Å². The molecule has 3 nitrogen and oxygen atoms in total. The van der Waals surface area contributed by atoms with Gasteiger partial charge < -0.3 is 15.0 Å². The van der Waals surface area contributed by atoms with Crippen LogP contribution in [0, 0.1) is 5.82 Å². The van der Waals surface area contributed by atoms with E-state index < -0.39 is 0 Å². The van der Waals surface area contributed by atoms with E-state index in [0.717, 1.165) is 30.9 Å². The van der Waals surface area contributed by atoms with E-state index in [1.54, 1.807) is 13.2 Å². The summed E-state index contributed by atoms with van der Waals surface area (Å²) in [7, 11) is 3.60. The maximum Gasteiger partial charge on any atom is 0.142 e. The topological polar surface area (TPSA) is 24.5 Å². The van der Waals surface area contributed by atoms with Gasteiger partial charge in [0.1, 0.15) is 11.6 Å². The lowest BCUT2D eigenvalue weighted by atomic mass is 10.0. The van der Waals surface area contributed by atoms with E-state index in [1.807, 2.05) is 7.05 Å².